The van der Waals surface area contributed by atoms with Gasteiger partial charge >= 0.3 is 5.97 Å². The third kappa shape index (κ3) is 2.67. The molecule has 1 atom stereocenters. The van der Waals surface area contributed by atoms with E-state index >= 15 is 0 Å². The van der Waals surface area contributed by atoms with Crippen molar-refractivity contribution in [1.29, 1.82) is 0 Å². The lowest BCUT2D eigenvalue weighted by Gasteiger charge is -2.36. The van der Waals surface area contributed by atoms with Crippen molar-refractivity contribution in [2.45, 2.75) is 51.7 Å². The minimum Gasteiger partial charge on any atom is -0.457 e. The molecule has 1 aromatic rings. The zero-order valence-electron chi connectivity index (χ0n) is 11.2. The van der Waals surface area contributed by atoms with E-state index in [0.29, 0.717) is 5.41 Å². The first-order valence-electron chi connectivity index (χ1n) is 6.92. The average molecular weight is 281 g/mol. The molecule has 2 heterocycles. The molecule has 1 spiro atoms. The molecule has 4 nitrogen and oxygen atoms in total. The SMILES string of the molecule is CCc1nc(COC(=O)C2CC3(CCC3)CO2)cs1. The van der Waals surface area contributed by atoms with Crippen LogP contribution in [0.4, 0.5) is 0 Å². The van der Waals surface area contributed by atoms with E-state index in [9.17, 15) is 4.79 Å². The summed E-state index contributed by atoms with van der Waals surface area (Å²) < 4.78 is 10.9. The maximum atomic E-state index is 12.0. The van der Waals surface area contributed by atoms with Crippen molar-refractivity contribution in [3.05, 3.63) is 16.1 Å². The summed E-state index contributed by atoms with van der Waals surface area (Å²) in [5.41, 5.74) is 1.13. The van der Waals surface area contributed by atoms with Crippen LogP contribution in [0.5, 0.6) is 0 Å². The Kier molecular flexibility index (Phi) is 3.58. The number of thiazole rings is 1. The van der Waals surface area contributed by atoms with Crippen molar-refractivity contribution in [1.82, 2.24) is 4.98 Å². The van der Waals surface area contributed by atoms with Gasteiger partial charge in [-0.05, 0) is 31.1 Å². The first-order chi connectivity index (χ1) is 9.21. The summed E-state index contributed by atoms with van der Waals surface area (Å²) in [5.74, 6) is -0.227. The highest BCUT2D eigenvalue weighted by molar-refractivity contribution is 7.09. The molecule has 0 bridgehead atoms. The predicted octanol–water partition coefficient (Wildman–Crippen LogP) is 2.71. The van der Waals surface area contributed by atoms with Crippen molar-refractivity contribution >= 4 is 17.3 Å². The number of aromatic nitrogens is 1. The van der Waals surface area contributed by atoms with Crippen LogP contribution in [-0.4, -0.2) is 23.7 Å². The normalized spacial score (nSPS) is 24.4. The van der Waals surface area contributed by atoms with Crippen LogP contribution in [0.25, 0.3) is 0 Å². The lowest BCUT2D eigenvalue weighted by atomic mass is 9.68. The fraction of sp³-hybridized carbons (Fsp3) is 0.714. The summed E-state index contributed by atoms with van der Waals surface area (Å²) in [7, 11) is 0. The minimum atomic E-state index is -0.357. The monoisotopic (exact) mass is 281 g/mol. The highest BCUT2D eigenvalue weighted by atomic mass is 32.1. The summed E-state index contributed by atoms with van der Waals surface area (Å²) in [5, 5.41) is 3.03. The Morgan fingerprint density at radius 3 is 3.05 bits per heavy atom. The van der Waals surface area contributed by atoms with Crippen molar-refractivity contribution in [2.24, 2.45) is 5.41 Å². The van der Waals surface area contributed by atoms with Gasteiger partial charge in [-0.15, -0.1) is 11.3 Å². The molecule has 1 aliphatic carbocycles. The van der Waals surface area contributed by atoms with Gasteiger partial charge in [0, 0.05) is 5.38 Å². The van der Waals surface area contributed by atoms with E-state index in [0.717, 1.165) is 30.2 Å². The molecule has 5 heteroatoms. The number of hydrogen-bond donors (Lipinski definition) is 0. The number of ether oxygens (including phenoxy) is 2. The molecule has 3 rings (SSSR count). The van der Waals surface area contributed by atoms with Gasteiger partial charge in [0.2, 0.25) is 0 Å². The van der Waals surface area contributed by atoms with Crippen LogP contribution in [0, 0.1) is 5.41 Å². The van der Waals surface area contributed by atoms with Crippen LogP contribution >= 0.6 is 11.3 Å². The van der Waals surface area contributed by atoms with Gasteiger partial charge in [-0.2, -0.15) is 0 Å². The summed E-state index contributed by atoms with van der Waals surface area (Å²) in [6.07, 6.45) is 5.06. The highest BCUT2D eigenvalue weighted by Gasteiger charge is 2.47. The standard InChI is InChI=1S/C14H19NO3S/c1-2-12-15-10(8-19-12)7-17-13(16)11-6-14(9-18-11)4-3-5-14/h8,11H,2-7,9H2,1H3. The van der Waals surface area contributed by atoms with Gasteiger partial charge in [-0.25, -0.2) is 9.78 Å². The molecule has 0 radical (unpaired) electrons. The molecule has 1 aromatic heterocycles. The first kappa shape index (κ1) is 13.1. The maximum absolute atomic E-state index is 12.0. The lowest BCUT2D eigenvalue weighted by molar-refractivity contribution is -0.155. The van der Waals surface area contributed by atoms with E-state index in [1.165, 1.54) is 19.3 Å². The van der Waals surface area contributed by atoms with Crippen molar-refractivity contribution in [3.63, 3.8) is 0 Å². The summed E-state index contributed by atoms with van der Waals surface area (Å²) >= 11 is 1.61. The minimum absolute atomic E-state index is 0.227. The molecule has 0 N–H and O–H groups in total. The summed E-state index contributed by atoms with van der Waals surface area (Å²) in [4.78, 5) is 16.3. The largest absolute Gasteiger partial charge is 0.457 e. The van der Waals surface area contributed by atoms with Crippen LogP contribution in [0.3, 0.4) is 0 Å². The Bertz CT molecular complexity index is 467. The molecule has 19 heavy (non-hydrogen) atoms. The van der Waals surface area contributed by atoms with Gasteiger partial charge in [0.25, 0.3) is 0 Å². The summed E-state index contributed by atoms with van der Waals surface area (Å²) in [6, 6.07) is 0. The second-order valence-electron chi connectivity index (χ2n) is 5.55. The van der Waals surface area contributed by atoms with E-state index in [1.54, 1.807) is 11.3 Å². The van der Waals surface area contributed by atoms with Gasteiger partial charge in [-0.1, -0.05) is 13.3 Å². The molecular formula is C14H19NO3S. The lowest BCUT2D eigenvalue weighted by Crippen LogP contribution is -2.30. The van der Waals surface area contributed by atoms with Crippen molar-refractivity contribution in [3.8, 4) is 0 Å². The van der Waals surface area contributed by atoms with Gasteiger partial charge < -0.3 is 9.47 Å². The fourth-order valence-corrected chi connectivity index (χ4v) is 3.51. The number of aryl methyl sites for hydroxylation is 1. The molecular weight excluding hydrogens is 262 g/mol. The third-order valence-corrected chi connectivity index (χ3v) is 5.19. The van der Waals surface area contributed by atoms with Crippen LogP contribution in [0.1, 0.15) is 43.3 Å². The molecule has 1 unspecified atom stereocenters. The van der Waals surface area contributed by atoms with Crippen LogP contribution in [0.15, 0.2) is 5.38 Å². The second kappa shape index (κ2) is 5.21. The van der Waals surface area contributed by atoms with E-state index in [2.05, 4.69) is 11.9 Å². The number of carbonyl (C=O) groups excluding carboxylic acids is 1. The zero-order chi connectivity index (χ0) is 13.3. The van der Waals surface area contributed by atoms with Gasteiger partial charge in [0.05, 0.1) is 17.3 Å². The number of esters is 1. The molecule has 1 aliphatic heterocycles. The Morgan fingerprint density at radius 1 is 1.63 bits per heavy atom. The maximum Gasteiger partial charge on any atom is 0.335 e. The van der Waals surface area contributed by atoms with Crippen LogP contribution < -0.4 is 0 Å². The Labute approximate surface area is 117 Å². The topological polar surface area (TPSA) is 48.4 Å². The molecule has 0 amide bonds. The predicted molar refractivity (Wildman–Crippen MR) is 71.9 cm³/mol. The molecule has 1 saturated carbocycles. The number of carbonyl (C=O) groups is 1. The fourth-order valence-electron chi connectivity index (χ4n) is 2.78. The third-order valence-electron chi connectivity index (χ3n) is 4.15. The first-order valence-corrected chi connectivity index (χ1v) is 7.80. The Balaban J connectivity index is 1.49. The molecule has 2 aliphatic rings. The number of hydrogen-bond acceptors (Lipinski definition) is 5. The number of rotatable bonds is 4. The quantitative estimate of drug-likeness (QED) is 0.796. The highest BCUT2D eigenvalue weighted by Crippen LogP contribution is 2.49. The van der Waals surface area contributed by atoms with Crippen LogP contribution in [0.2, 0.25) is 0 Å². The molecule has 2 fully saturated rings. The van der Waals surface area contributed by atoms with Crippen LogP contribution in [-0.2, 0) is 27.3 Å². The van der Waals surface area contributed by atoms with E-state index in [1.807, 2.05) is 5.38 Å². The smallest absolute Gasteiger partial charge is 0.335 e. The molecule has 1 saturated heterocycles. The van der Waals surface area contributed by atoms with E-state index in [4.69, 9.17) is 9.47 Å². The van der Waals surface area contributed by atoms with Gasteiger partial charge in [-0.3, -0.25) is 0 Å². The zero-order valence-corrected chi connectivity index (χ0v) is 12.0. The van der Waals surface area contributed by atoms with E-state index in [-0.39, 0.29) is 18.7 Å². The molecule has 104 valence electrons. The Hall–Kier alpha value is -0.940. The molecule has 0 aromatic carbocycles. The van der Waals surface area contributed by atoms with E-state index < -0.39 is 0 Å². The van der Waals surface area contributed by atoms with Crippen molar-refractivity contribution in [2.75, 3.05) is 6.61 Å². The van der Waals surface area contributed by atoms with Crippen molar-refractivity contribution < 1.29 is 14.3 Å². The second-order valence-corrected chi connectivity index (χ2v) is 6.49. The Morgan fingerprint density at radius 2 is 2.47 bits per heavy atom. The van der Waals surface area contributed by atoms with Gasteiger partial charge in [0.1, 0.15) is 6.61 Å². The van der Waals surface area contributed by atoms with Gasteiger partial charge in [0.15, 0.2) is 6.10 Å². The summed E-state index contributed by atoms with van der Waals surface area (Å²) in [6.45, 7) is 3.06. The number of nitrogens with zero attached hydrogens (tertiary/aromatic N) is 1. The average Bonchev–Trinajstić information content (AvgIpc) is 3.02.